The second-order valence-electron chi connectivity index (χ2n) is 10.3. The van der Waals surface area contributed by atoms with Crippen molar-refractivity contribution in [2.24, 2.45) is 11.7 Å². The Hall–Kier alpha value is -3.93. The van der Waals surface area contributed by atoms with E-state index < -0.39 is 83.6 Å². The number of alkyl halides is 3. The van der Waals surface area contributed by atoms with Crippen LogP contribution >= 0.6 is 0 Å². The maximum Gasteiger partial charge on any atom is 0.490 e. The van der Waals surface area contributed by atoms with Gasteiger partial charge < -0.3 is 31.3 Å². The predicted molar refractivity (Wildman–Crippen MR) is 139 cm³/mol. The third-order valence-corrected chi connectivity index (χ3v) is 6.77. The lowest BCUT2D eigenvalue weighted by molar-refractivity contribution is -0.192. The number of likely N-dealkylation sites (tertiary alicyclic amines) is 1. The van der Waals surface area contributed by atoms with E-state index in [1.807, 2.05) is 6.92 Å². The van der Waals surface area contributed by atoms with Crippen molar-refractivity contribution < 1.29 is 65.6 Å². The first-order valence-electron chi connectivity index (χ1n) is 13.2. The smallest absolute Gasteiger partial charge is 0.480 e. The molecule has 1 aromatic rings. The molecule has 1 saturated heterocycles. The van der Waals surface area contributed by atoms with Gasteiger partial charge in [0, 0.05) is 37.5 Å². The minimum Gasteiger partial charge on any atom is -0.480 e. The third kappa shape index (κ3) is 11.3. The number of nitrogens with two attached hydrogens (primary N) is 1. The molecule has 2 rings (SSSR count). The maximum atomic E-state index is 13.9. The highest BCUT2D eigenvalue weighted by atomic mass is 19.4. The number of carbonyl (C=O) groups is 5. The quantitative estimate of drug-likeness (QED) is 0.144. The molecular formula is C26H34F6N4O8. The number of carboxylic acid groups (broad SMARTS) is 3. The number of amides is 2. The van der Waals surface area contributed by atoms with Gasteiger partial charge in [-0.2, -0.15) is 13.2 Å². The van der Waals surface area contributed by atoms with Gasteiger partial charge in [-0.1, -0.05) is 20.3 Å². The SMILES string of the molecule is CCC(C)[C@H](N[C@@H](C)C(=O)N1C[C@@H](NC(=O)C[C@H](N)Cc2cc(F)c(F)cc2F)C[C@H]1C(=O)O)C(=O)O.O=C(O)C(F)(F)F. The van der Waals surface area contributed by atoms with Gasteiger partial charge in [-0.3, -0.25) is 19.7 Å². The second-order valence-corrected chi connectivity index (χ2v) is 10.3. The van der Waals surface area contributed by atoms with Gasteiger partial charge in [0.15, 0.2) is 11.6 Å². The molecular weight excluding hydrogens is 610 g/mol. The normalized spacial score (nSPS) is 19.2. The first kappa shape index (κ1) is 38.1. The van der Waals surface area contributed by atoms with Crippen LogP contribution in [0.2, 0.25) is 0 Å². The molecule has 1 aromatic carbocycles. The summed E-state index contributed by atoms with van der Waals surface area (Å²) >= 11 is 0. The minimum atomic E-state index is -5.08. The van der Waals surface area contributed by atoms with Gasteiger partial charge in [0.05, 0.1) is 6.04 Å². The first-order chi connectivity index (χ1) is 20.2. The van der Waals surface area contributed by atoms with Crippen molar-refractivity contribution in [1.29, 1.82) is 0 Å². The summed E-state index contributed by atoms with van der Waals surface area (Å²) in [5, 5.41) is 31.6. The zero-order valence-corrected chi connectivity index (χ0v) is 23.8. The molecule has 1 fully saturated rings. The standard InChI is InChI=1S/C24H33F3N4O6.C2HF3O2/c1-4-11(2)21(24(36)37)29-12(3)22(33)31-10-15(8-19(31)23(34)35)30-20(32)7-14(28)5-13-6-17(26)18(27)9-16(13)25;3-2(4,5)1(6)7/h6,9,11-12,14-15,19,21,29H,4-5,7-8,10,28H2,1-3H3,(H,30,32)(H,34,35)(H,36,37);(H,6,7)/t11?,12-,14+,15-,19-,21-;/m0./s1. The van der Waals surface area contributed by atoms with Crippen LogP contribution in [0.4, 0.5) is 26.3 Å². The zero-order chi connectivity index (χ0) is 34.1. The summed E-state index contributed by atoms with van der Waals surface area (Å²) in [6, 6.07) is -3.83. The highest BCUT2D eigenvalue weighted by Gasteiger charge is 2.42. The number of nitrogens with one attached hydrogen (secondary N) is 2. The Morgan fingerprint density at radius 3 is 2.05 bits per heavy atom. The molecule has 0 saturated carbocycles. The lowest BCUT2D eigenvalue weighted by Gasteiger charge is -2.29. The monoisotopic (exact) mass is 644 g/mol. The van der Waals surface area contributed by atoms with Crippen molar-refractivity contribution >= 4 is 29.7 Å². The van der Waals surface area contributed by atoms with Gasteiger partial charge in [0.2, 0.25) is 11.8 Å². The zero-order valence-electron chi connectivity index (χ0n) is 23.8. The number of rotatable bonds is 12. The molecule has 0 aromatic heterocycles. The topological polar surface area (TPSA) is 199 Å². The number of carboxylic acids is 3. The second kappa shape index (κ2) is 16.2. The molecule has 0 spiro atoms. The van der Waals surface area contributed by atoms with Crippen LogP contribution in [0.1, 0.15) is 45.6 Å². The van der Waals surface area contributed by atoms with Crippen molar-refractivity contribution in [2.45, 2.75) is 82.8 Å². The Kier molecular flexibility index (Phi) is 14.1. The first-order valence-corrected chi connectivity index (χ1v) is 13.2. The van der Waals surface area contributed by atoms with E-state index in [4.69, 9.17) is 15.6 Å². The van der Waals surface area contributed by atoms with E-state index in [1.54, 1.807) is 6.92 Å². The van der Waals surface area contributed by atoms with Crippen LogP contribution in [-0.4, -0.2) is 92.9 Å². The van der Waals surface area contributed by atoms with E-state index in [2.05, 4.69) is 10.6 Å². The van der Waals surface area contributed by atoms with Gasteiger partial charge in [0.1, 0.15) is 17.9 Å². The number of hydrogen-bond donors (Lipinski definition) is 6. The van der Waals surface area contributed by atoms with E-state index in [1.165, 1.54) is 6.92 Å². The summed E-state index contributed by atoms with van der Waals surface area (Å²) in [6.07, 6.45) is -5.17. The van der Waals surface area contributed by atoms with Gasteiger partial charge >= 0.3 is 24.1 Å². The number of carbonyl (C=O) groups excluding carboxylic acids is 2. The summed E-state index contributed by atoms with van der Waals surface area (Å²) in [4.78, 5) is 58.8. The third-order valence-electron chi connectivity index (χ3n) is 6.77. The Labute approximate surface area is 247 Å². The van der Waals surface area contributed by atoms with Crippen molar-refractivity contribution in [1.82, 2.24) is 15.5 Å². The molecule has 1 heterocycles. The summed E-state index contributed by atoms with van der Waals surface area (Å²) in [5.74, 6) is -10.2. The van der Waals surface area contributed by atoms with Crippen LogP contribution in [0.25, 0.3) is 0 Å². The van der Waals surface area contributed by atoms with Crippen LogP contribution in [0.15, 0.2) is 12.1 Å². The fraction of sp³-hybridized carbons (Fsp3) is 0.577. The van der Waals surface area contributed by atoms with E-state index in [-0.39, 0.29) is 37.3 Å². The molecule has 18 heteroatoms. The molecule has 0 aliphatic carbocycles. The number of nitrogens with zero attached hydrogens (tertiary/aromatic N) is 1. The van der Waals surface area contributed by atoms with Crippen LogP contribution in [-0.2, 0) is 30.4 Å². The minimum absolute atomic E-state index is 0.0830. The van der Waals surface area contributed by atoms with Crippen LogP contribution in [0.3, 0.4) is 0 Å². The average molecular weight is 645 g/mol. The van der Waals surface area contributed by atoms with Gasteiger partial charge in [-0.05, 0) is 30.9 Å². The summed E-state index contributed by atoms with van der Waals surface area (Å²) in [6.45, 7) is 4.85. The Balaban J connectivity index is 0.00000123. The Morgan fingerprint density at radius 1 is 1.02 bits per heavy atom. The average Bonchev–Trinajstić information content (AvgIpc) is 3.32. The number of benzene rings is 1. The molecule has 0 bridgehead atoms. The molecule has 44 heavy (non-hydrogen) atoms. The fourth-order valence-corrected chi connectivity index (χ4v) is 4.32. The molecule has 2 amide bonds. The number of aliphatic carboxylic acids is 3. The van der Waals surface area contributed by atoms with Gasteiger partial charge in [-0.25, -0.2) is 22.8 Å². The van der Waals surface area contributed by atoms with Crippen LogP contribution < -0.4 is 16.4 Å². The molecule has 0 radical (unpaired) electrons. The van der Waals surface area contributed by atoms with Crippen molar-refractivity contribution in [3.05, 3.63) is 35.1 Å². The Bertz CT molecular complexity index is 1220. The summed E-state index contributed by atoms with van der Waals surface area (Å²) in [7, 11) is 0. The van der Waals surface area contributed by atoms with Crippen LogP contribution in [0.5, 0.6) is 0 Å². The summed E-state index contributed by atoms with van der Waals surface area (Å²) in [5.41, 5.74) is 5.68. The van der Waals surface area contributed by atoms with E-state index in [0.717, 1.165) is 4.90 Å². The number of hydrogen-bond acceptors (Lipinski definition) is 7. The number of halogens is 6. The van der Waals surface area contributed by atoms with E-state index in [9.17, 15) is 55.7 Å². The molecule has 1 aliphatic rings. The van der Waals surface area contributed by atoms with Gasteiger partial charge in [-0.15, -0.1) is 0 Å². The fourth-order valence-electron chi connectivity index (χ4n) is 4.32. The lowest BCUT2D eigenvalue weighted by Crippen LogP contribution is -2.54. The van der Waals surface area contributed by atoms with Crippen molar-refractivity contribution in [2.75, 3.05) is 6.54 Å². The molecule has 248 valence electrons. The Morgan fingerprint density at radius 2 is 1.57 bits per heavy atom. The van der Waals surface area contributed by atoms with Crippen molar-refractivity contribution in [3.63, 3.8) is 0 Å². The molecule has 1 aliphatic heterocycles. The highest BCUT2D eigenvalue weighted by molar-refractivity contribution is 5.88. The van der Waals surface area contributed by atoms with Crippen molar-refractivity contribution in [3.8, 4) is 0 Å². The molecule has 12 nitrogen and oxygen atoms in total. The highest BCUT2D eigenvalue weighted by Crippen LogP contribution is 2.21. The van der Waals surface area contributed by atoms with E-state index in [0.29, 0.717) is 18.6 Å². The summed E-state index contributed by atoms with van der Waals surface area (Å²) < 4.78 is 72.1. The van der Waals surface area contributed by atoms with Gasteiger partial charge in [0.25, 0.3) is 0 Å². The molecule has 6 atom stereocenters. The maximum absolute atomic E-state index is 13.9. The molecule has 7 N–H and O–H groups in total. The van der Waals surface area contributed by atoms with E-state index >= 15 is 0 Å². The predicted octanol–water partition coefficient (Wildman–Crippen LogP) is 1.64. The van der Waals surface area contributed by atoms with Crippen LogP contribution in [0, 0.1) is 23.4 Å². The lowest BCUT2D eigenvalue weighted by atomic mass is 9.98. The largest absolute Gasteiger partial charge is 0.490 e. The molecule has 1 unspecified atom stereocenters.